The predicted molar refractivity (Wildman–Crippen MR) is 114 cm³/mol. The number of unbranched alkanes of at least 4 members (excludes halogenated alkanes) is 1. The number of aromatic nitrogens is 3. The van der Waals surface area contributed by atoms with Gasteiger partial charge in [-0.05, 0) is 43.7 Å². The minimum atomic E-state index is -0.408. The van der Waals surface area contributed by atoms with Gasteiger partial charge in [-0.3, -0.25) is 0 Å². The topological polar surface area (TPSA) is 78.3 Å². The number of anilines is 1. The van der Waals surface area contributed by atoms with Gasteiger partial charge in [-0.1, -0.05) is 44.2 Å². The molecule has 1 aromatic heterocycles. The highest BCUT2D eigenvalue weighted by molar-refractivity contribution is 7.99. The Bertz CT molecular complexity index is 877. The number of thioether (sulfide) groups is 1. The molecule has 1 aliphatic rings. The fourth-order valence-electron chi connectivity index (χ4n) is 3.19. The van der Waals surface area contributed by atoms with Crippen molar-refractivity contribution < 1.29 is 14.3 Å². The highest BCUT2D eigenvalue weighted by Gasteiger charge is 2.35. The summed E-state index contributed by atoms with van der Waals surface area (Å²) in [6, 6.07) is 7.34. The fraction of sp³-hybridized carbons (Fsp3) is 0.476. The van der Waals surface area contributed by atoms with Crippen LogP contribution in [0.25, 0.3) is 0 Å². The molecule has 0 spiro atoms. The monoisotopic (exact) mass is 416 g/mol. The molecule has 1 aliphatic heterocycles. The summed E-state index contributed by atoms with van der Waals surface area (Å²) in [5.41, 5.74) is 2.21. The molecule has 2 aromatic rings. The lowest BCUT2D eigenvalue weighted by Gasteiger charge is -2.28. The molecule has 7 nitrogen and oxygen atoms in total. The first-order valence-corrected chi connectivity index (χ1v) is 11.0. The van der Waals surface area contributed by atoms with Crippen LogP contribution in [0, 0.1) is 0 Å². The van der Waals surface area contributed by atoms with Crippen molar-refractivity contribution in [2.75, 3.05) is 24.3 Å². The molecule has 29 heavy (non-hydrogen) atoms. The van der Waals surface area contributed by atoms with E-state index in [0.717, 1.165) is 35.6 Å². The van der Waals surface area contributed by atoms with E-state index in [4.69, 9.17) is 9.47 Å². The molecule has 2 heterocycles. The van der Waals surface area contributed by atoms with Gasteiger partial charge in [0.15, 0.2) is 0 Å². The van der Waals surface area contributed by atoms with Crippen LogP contribution in [0.4, 0.5) is 5.95 Å². The van der Waals surface area contributed by atoms with Crippen molar-refractivity contribution in [1.29, 1.82) is 0 Å². The molecule has 0 fully saturated rings. The summed E-state index contributed by atoms with van der Waals surface area (Å²) in [6.45, 7) is 8.96. The third kappa shape index (κ3) is 4.75. The van der Waals surface area contributed by atoms with Crippen molar-refractivity contribution in [3.05, 3.63) is 41.1 Å². The molecule has 156 valence electrons. The van der Waals surface area contributed by atoms with Gasteiger partial charge in [-0.25, -0.2) is 9.48 Å². The molecule has 8 heteroatoms. The van der Waals surface area contributed by atoms with Gasteiger partial charge >= 0.3 is 5.97 Å². The van der Waals surface area contributed by atoms with E-state index in [1.807, 2.05) is 38.1 Å². The van der Waals surface area contributed by atoms with Crippen LogP contribution in [0.3, 0.4) is 0 Å². The van der Waals surface area contributed by atoms with Crippen LogP contribution in [0.15, 0.2) is 40.7 Å². The molecular weight excluding hydrogens is 388 g/mol. The van der Waals surface area contributed by atoms with Crippen molar-refractivity contribution in [3.63, 3.8) is 0 Å². The summed E-state index contributed by atoms with van der Waals surface area (Å²) < 4.78 is 12.9. The van der Waals surface area contributed by atoms with Gasteiger partial charge in [0.05, 0.1) is 18.8 Å². The maximum atomic E-state index is 13.0. The van der Waals surface area contributed by atoms with E-state index in [2.05, 4.69) is 29.2 Å². The number of benzene rings is 1. The minimum Gasteiger partial charge on any atom is -0.494 e. The van der Waals surface area contributed by atoms with Crippen molar-refractivity contribution >= 4 is 23.7 Å². The molecule has 0 saturated carbocycles. The van der Waals surface area contributed by atoms with E-state index in [1.54, 1.807) is 16.4 Å². The van der Waals surface area contributed by atoms with Crippen molar-refractivity contribution in [3.8, 4) is 5.75 Å². The van der Waals surface area contributed by atoms with Gasteiger partial charge in [-0.2, -0.15) is 4.98 Å². The Morgan fingerprint density at radius 3 is 2.66 bits per heavy atom. The Kier molecular flexibility index (Phi) is 7.19. The molecule has 3 rings (SSSR count). The third-order valence-corrected chi connectivity index (χ3v) is 5.28. The SMILES string of the molecule is CCCCOC(=O)C1=C(C)Nc2nc(SCC)nn2C1c1ccc(OCC)cc1. The zero-order valence-corrected chi connectivity index (χ0v) is 18.2. The number of carbonyl (C=O) groups excluding carboxylic acids is 1. The molecule has 0 aliphatic carbocycles. The zero-order valence-electron chi connectivity index (χ0n) is 17.4. The first-order valence-electron chi connectivity index (χ1n) is 10.1. The lowest BCUT2D eigenvalue weighted by Crippen LogP contribution is -2.29. The number of ether oxygens (including phenoxy) is 2. The standard InChI is InChI=1S/C21H28N4O3S/c1-5-8-13-28-19(26)17-14(4)22-20-23-21(29-7-3)24-25(20)18(17)15-9-11-16(12-10-15)27-6-2/h9-12,18H,5-8,13H2,1-4H3,(H,22,23,24). The van der Waals surface area contributed by atoms with Gasteiger partial charge in [0.1, 0.15) is 11.8 Å². The molecule has 1 unspecified atom stereocenters. The second kappa shape index (κ2) is 9.82. The molecule has 0 bridgehead atoms. The first-order chi connectivity index (χ1) is 14.1. The van der Waals surface area contributed by atoms with Crippen LogP contribution in [0.2, 0.25) is 0 Å². The van der Waals surface area contributed by atoms with E-state index >= 15 is 0 Å². The second-order valence-electron chi connectivity index (χ2n) is 6.65. The molecular formula is C21H28N4O3S. The van der Waals surface area contributed by atoms with Crippen LogP contribution >= 0.6 is 11.8 Å². The third-order valence-electron chi connectivity index (χ3n) is 4.56. The Morgan fingerprint density at radius 1 is 1.24 bits per heavy atom. The number of nitrogens with zero attached hydrogens (tertiary/aromatic N) is 3. The van der Waals surface area contributed by atoms with Crippen LogP contribution in [0.1, 0.15) is 52.1 Å². The van der Waals surface area contributed by atoms with E-state index in [0.29, 0.717) is 29.9 Å². The van der Waals surface area contributed by atoms with E-state index in [9.17, 15) is 4.79 Å². The molecule has 0 amide bonds. The molecule has 0 saturated heterocycles. The highest BCUT2D eigenvalue weighted by Crippen LogP contribution is 2.37. The molecule has 0 radical (unpaired) electrons. The lowest BCUT2D eigenvalue weighted by molar-refractivity contribution is -0.139. The van der Waals surface area contributed by atoms with E-state index in [1.165, 1.54) is 0 Å². The highest BCUT2D eigenvalue weighted by atomic mass is 32.2. The second-order valence-corrected chi connectivity index (χ2v) is 7.88. The number of allylic oxidation sites excluding steroid dienone is 1. The van der Waals surface area contributed by atoms with Gasteiger partial charge in [-0.15, -0.1) is 5.10 Å². The average Bonchev–Trinajstić information content (AvgIpc) is 3.10. The number of hydrogen-bond donors (Lipinski definition) is 1. The summed E-state index contributed by atoms with van der Waals surface area (Å²) in [7, 11) is 0. The molecule has 1 atom stereocenters. The Balaban J connectivity index is 2.01. The predicted octanol–water partition coefficient (Wildman–Crippen LogP) is 4.42. The Hall–Kier alpha value is -2.48. The van der Waals surface area contributed by atoms with Crippen LogP contribution in [-0.2, 0) is 9.53 Å². The van der Waals surface area contributed by atoms with Crippen LogP contribution < -0.4 is 10.1 Å². The summed E-state index contributed by atoms with van der Waals surface area (Å²) in [4.78, 5) is 17.5. The summed E-state index contributed by atoms with van der Waals surface area (Å²) >= 11 is 1.57. The molecule has 1 N–H and O–H groups in total. The smallest absolute Gasteiger partial charge is 0.338 e. The lowest BCUT2D eigenvalue weighted by atomic mass is 9.96. The summed E-state index contributed by atoms with van der Waals surface area (Å²) in [6.07, 6.45) is 1.81. The van der Waals surface area contributed by atoms with Crippen LogP contribution in [0.5, 0.6) is 5.75 Å². The Morgan fingerprint density at radius 2 is 2.00 bits per heavy atom. The van der Waals surface area contributed by atoms with E-state index in [-0.39, 0.29) is 5.97 Å². The van der Waals surface area contributed by atoms with Crippen LogP contribution in [-0.4, -0.2) is 39.7 Å². The zero-order chi connectivity index (χ0) is 20.8. The quantitative estimate of drug-likeness (QED) is 0.368. The number of fused-ring (bicyclic) bond motifs is 1. The fourth-order valence-corrected chi connectivity index (χ4v) is 3.75. The minimum absolute atomic E-state index is 0.326. The van der Waals surface area contributed by atoms with Crippen molar-refractivity contribution in [1.82, 2.24) is 14.8 Å². The van der Waals surface area contributed by atoms with Gasteiger partial charge in [0, 0.05) is 5.70 Å². The summed E-state index contributed by atoms with van der Waals surface area (Å²) in [5.74, 6) is 1.96. The Labute approximate surface area is 175 Å². The maximum Gasteiger partial charge on any atom is 0.338 e. The maximum absolute atomic E-state index is 13.0. The van der Waals surface area contributed by atoms with Crippen molar-refractivity contribution in [2.24, 2.45) is 0 Å². The number of esters is 1. The normalized spacial score (nSPS) is 15.7. The van der Waals surface area contributed by atoms with Crippen molar-refractivity contribution in [2.45, 2.75) is 51.7 Å². The largest absolute Gasteiger partial charge is 0.494 e. The summed E-state index contributed by atoms with van der Waals surface area (Å²) in [5, 5.41) is 8.55. The van der Waals surface area contributed by atoms with E-state index < -0.39 is 6.04 Å². The average molecular weight is 417 g/mol. The van der Waals surface area contributed by atoms with Gasteiger partial charge in [0.25, 0.3) is 0 Å². The van der Waals surface area contributed by atoms with Gasteiger partial charge < -0.3 is 14.8 Å². The number of nitrogens with one attached hydrogen (secondary N) is 1. The number of carbonyl (C=O) groups is 1. The van der Waals surface area contributed by atoms with Gasteiger partial charge in [0.2, 0.25) is 11.1 Å². The number of hydrogen-bond acceptors (Lipinski definition) is 7. The molecule has 1 aromatic carbocycles. The first kappa shape index (κ1) is 21.2. The number of rotatable bonds is 9.